The summed E-state index contributed by atoms with van der Waals surface area (Å²) in [7, 11) is 0. The van der Waals surface area contributed by atoms with E-state index in [9.17, 15) is 14.4 Å². The molecular formula is C24H22N4O5. The number of nitrogens with zero attached hydrogens (tertiary/aromatic N) is 3. The lowest BCUT2D eigenvalue weighted by atomic mass is 9.91. The molecule has 1 fully saturated rings. The van der Waals surface area contributed by atoms with Crippen molar-refractivity contribution in [2.24, 2.45) is 0 Å². The number of hydrogen-bond acceptors (Lipinski definition) is 6. The first kappa shape index (κ1) is 20.7. The van der Waals surface area contributed by atoms with E-state index in [1.165, 1.54) is 0 Å². The number of carbonyl (C=O) groups is 3. The molecule has 1 unspecified atom stereocenters. The SMILES string of the molecule is Cc1cc(C(=O)CN2C(=O)NC(C)(c3ccc4c(c3)OCO4)C2=O)c(C)n1-c1ccccn1. The second-order valence-electron chi connectivity index (χ2n) is 8.25. The predicted octanol–water partition coefficient (Wildman–Crippen LogP) is 2.87. The van der Waals surface area contributed by atoms with Gasteiger partial charge >= 0.3 is 6.03 Å². The Bertz CT molecular complexity index is 1300. The van der Waals surface area contributed by atoms with E-state index in [2.05, 4.69) is 10.3 Å². The lowest BCUT2D eigenvalue weighted by molar-refractivity contribution is -0.130. The molecule has 1 atom stereocenters. The number of amides is 3. The summed E-state index contributed by atoms with van der Waals surface area (Å²) in [6.07, 6.45) is 1.68. The van der Waals surface area contributed by atoms with Gasteiger partial charge in [0.25, 0.3) is 5.91 Å². The fourth-order valence-corrected chi connectivity index (χ4v) is 4.36. The molecule has 0 bridgehead atoms. The number of nitrogens with one attached hydrogen (secondary N) is 1. The first-order chi connectivity index (χ1) is 15.8. The number of imide groups is 1. The van der Waals surface area contributed by atoms with Crippen LogP contribution in [0.15, 0.2) is 48.7 Å². The minimum absolute atomic E-state index is 0.105. The van der Waals surface area contributed by atoms with E-state index >= 15 is 0 Å². The number of pyridine rings is 1. The largest absolute Gasteiger partial charge is 0.454 e. The zero-order valence-electron chi connectivity index (χ0n) is 18.4. The maximum Gasteiger partial charge on any atom is 0.325 e. The lowest BCUT2D eigenvalue weighted by Gasteiger charge is -2.22. The highest BCUT2D eigenvalue weighted by Crippen LogP contribution is 2.38. The van der Waals surface area contributed by atoms with Crippen molar-refractivity contribution in [2.45, 2.75) is 26.3 Å². The fourth-order valence-electron chi connectivity index (χ4n) is 4.36. The van der Waals surface area contributed by atoms with Crippen LogP contribution in [0, 0.1) is 13.8 Å². The summed E-state index contributed by atoms with van der Waals surface area (Å²) in [5.41, 5.74) is 1.20. The van der Waals surface area contributed by atoms with E-state index in [1.807, 2.05) is 36.6 Å². The third-order valence-electron chi connectivity index (χ3n) is 6.14. The molecule has 2 aliphatic heterocycles. The summed E-state index contributed by atoms with van der Waals surface area (Å²) >= 11 is 0. The van der Waals surface area contributed by atoms with Crippen LogP contribution >= 0.6 is 0 Å². The molecule has 0 aliphatic carbocycles. The van der Waals surface area contributed by atoms with E-state index in [0.29, 0.717) is 34.1 Å². The van der Waals surface area contributed by atoms with E-state index in [0.717, 1.165) is 10.6 Å². The molecule has 3 amide bonds. The smallest absolute Gasteiger partial charge is 0.325 e. The van der Waals surface area contributed by atoms with Crippen molar-refractivity contribution in [2.75, 3.05) is 13.3 Å². The van der Waals surface area contributed by atoms with Crippen LogP contribution in [-0.2, 0) is 10.3 Å². The fraction of sp³-hybridized carbons (Fsp3) is 0.250. The highest BCUT2D eigenvalue weighted by molar-refractivity contribution is 6.11. The third kappa shape index (κ3) is 3.24. The zero-order chi connectivity index (χ0) is 23.3. The van der Waals surface area contributed by atoms with Crippen LogP contribution in [0.1, 0.15) is 34.2 Å². The van der Waals surface area contributed by atoms with Crippen molar-refractivity contribution < 1.29 is 23.9 Å². The Morgan fingerprint density at radius 1 is 1.12 bits per heavy atom. The van der Waals surface area contributed by atoms with Gasteiger partial charge in [0.2, 0.25) is 6.79 Å². The van der Waals surface area contributed by atoms with E-state index in [1.54, 1.807) is 37.4 Å². The van der Waals surface area contributed by atoms with Crippen LogP contribution in [0.5, 0.6) is 11.5 Å². The second kappa shape index (κ2) is 7.47. The summed E-state index contributed by atoms with van der Waals surface area (Å²) in [5, 5.41) is 2.73. The molecule has 0 spiro atoms. The molecule has 9 nitrogen and oxygen atoms in total. The monoisotopic (exact) mass is 446 g/mol. The average molecular weight is 446 g/mol. The molecule has 2 aliphatic rings. The number of benzene rings is 1. The molecule has 4 heterocycles. The summed E-state index contributed by atoms with van der Waals surface area (Å²) in [6, 6.07) is 11.7. The van der Waals surface area contributed by atoms with Crippen molar-refractivity contribution in [3.8, 4) is 17.3 Å². The maximum atomic E-state index is 13.3. The molecule has 1 N–H and O–H groups in total. The predicted molar refractivity (Wildman–Crippen MR) is 118 cm³/mol. The number of ketones is 1. The number of hydrogen-bond donors (Lipinski definition) is 1. The molecule has 9 heteroatoms. The van der Waals surface area contributed by atoms with Crippen LogP contribution in [0.25, 0.3) is 5.82 Å². The Kier molecular flexibility index (Phi) is 4.70. The number of ether oxygens (including phenoxy) is 2. The van der Waals surface area contributed by atoms with Gasteiger partial charge in [-0.1, -0.05) is 12.1 Å². The molecular weight excluding hydrogens is 424 g/mol. The van der Waals surface area contributed by atoms with Gasteiger partial charge in [-0.3, -0.25) is 14.5 Å². The molecule has 0 radical (unpaired) electrons. The van der Waals surface area contributed by atoms with Gasteiger partial charge in [0, 0.05) is 23.1 Å². The van der Waals surface area contributed by atoms with Gasteiger partial charge in [0.15, 0.2) is 17.3 Å². The molecule has 33 heavy (non-hydrogen) atoms. The molecule has 168 valence electrons. The van der Waals surface area contributed by atoms with Gasteiger partial charge < -0.3 is 19.4 Å². The molecule has 1 aromatic carbocycles. The Morgan fingerprint density at radius 3 is 2.67 bits per heavy atom. The quantitative estimate of drug-likeness (QED) is 0.478. The Labute approximate surface area is 189 Å². The molecule has 1 saturated heterocycles. The minimum atomic E-state index is -1.32. The Balaban J connectivity index is 1.41. The number of Topliss-reactive ketones (excluding diaryl/α,β-unsaturated/α-hetero) is 1. The van der Waals surface area contributed by atoms with Crippen molar-refractivity contribution >= 4 is 17.7 Å². The van der Waals surface area contributed by atoms with Crippen LogP contribution in [0.2, 0.25) is 0 Å². The Morgan fingerprint density at radius 2 is 1.91 bits per heavy atom. The molecule has 3 aromatic rings. The first-order valence-corrected chi connectivity index (χ1v) is 10.5. The number of urea groups is 1. The van der Waals surface area contributed by atoms with Crippen LogP contribution < -0.4 is 14.8 Å². The molecule has 5 rings (SSSR count). The first-order valence-electron chi connectivity index (χ1n) is 10.5. The number of fused-ring (bicyclic) bond motifs is 1. The zero-order valence-corrected chi connectivity index (χ0v) is 18.4. The summed E-state index contributed by atoms with van der Waals surface area (Å²) in [5.74, 6) is 0.945. The van der Waals surface area contributed by atoms with E-state index in [-0.39, 0.29) is 19.1 Å². The standard InChI is InChI=1S/C24H22N4O5/c1-14-10-17(15(2)28(14)21-6-4-5-9-25-21)18(29)12-27-22(30)24(3,26-23(27)31)16-7-8-19-20(11-16)33-13-32-19/h4-11H,12-13H2,1-3H3,(H,26,31). The molecule has 2 aromatic heterocycles. The maximum absolute atomic E-state index is 13.3. The van der Waals surface area contributed by atoms with E-state index < -0.39 is 17.5 Å². The summed E-state index contributed by atoms with van der Waals surface area (Å²) in [6.45, 7) is 5.05. The Hall–Kier alpha value is -4.14. The number of aryl methyl sites for hydroxylation is 1. The third-order valence-corrected chi connectivity index (χ3v) is 6.14. The lowest BCUT2D eigenvalue weighted by Crippen LogP contribution is -2.41. The van der Waals surface area contributed by atoms with Crippen molar-refractivity contribution in [1.29, 1.82) is 0 Å². The van der Waals surface area contributed by atoms with Crippen molar-refractivity contribution in [3.05, 3.63) is 71.2 Å². The summed E-state index contributed by atoms with van der Waals surface area (Å²) in [4.78, 5) is 44.5. The van der Waals surface area contributed by atoms with Crippen molar-refractivity contribution in [1.82, 2.24) is 19.8 Å². The molecule has 0 saturated carbocycles. The normalized spacial score (nSPS) is 19.2. The number of rotatable bonds is 5. The van der Waals surface area contributed by atoms with Gasteiger partial charge in [-0.25, -0.2) is 9.78 Å². The van der Waals surface area contributed by atoms with Crippen LogP contribution in [-0.4, -0.2) is 45.5 Å². The van der Waals surface area contributed by atoms with Gasteiger partial charge in [-0.05, 0) is 56.7 Å². The van der Waals surface area contributed by atoms with Crippen LogP contribution in [0.3, 0.4) is 0 Å². The highest BCUT2D eigenvalue weighted by Gasteiger charge is 2.50. The van der Waals surface area contributed by atoms with Gasteiger partial charge in [-0.2, -0.15) is 0 Å². The second-order valence-corrected chi connectivity index (χ2v) is 8.25. The van der Waals surface area contributed by atoms with Gasteiger partial charge in [-0.15, -0.1) is 0 Å². The van der Waals surface area contributed by atoms with Crippen LogP contribution in [0.4, 0.5) is 4.79 Å². The number of carbonyl (C=O) groups excluding carboxylic acids is 3. The van der Waals surface area contributed by atoms with Gasteiger partial charge in [0.1, 0.15) is 11.4 Å². The van der Waals surface area contributed by atoms with E-state index in [4.69, 9.17) is 9.47 Å². The average Bonchev–Trinajstić information content (AvgIpc) is 3.45. The van der Waals surface area contributed by atoms with Crippen molar-refractivity contribution in [3.63, 3.8) is 0 Å². The topological polar surface area (TPSA) is 103 Å². The number of aromatic nitrogens is 2. The summed E-state index contributed by atoms with van der Waals surface area (Å²) < 4.78 is 12.6. The minimum Gasteiger partial charge on any atom is -0.454 e. The highest BCUT2D eigenvalue weighted by atomic mass is 16.7. The van der Waals surface area contributed by atoms with Gasteiger partial charge in [0.05, 0.1) is 6.54 Å².